The molecule has 0 aliphatic carbocycles. The van der Waals surface area contributed by atoms with Crippen LogP contribution >= 0.6 is 11.3 Å². The molecular formula is C33H43N3O6S. The second-order valence-corrected chi connectivity index (χ2v) is 11.9. The lowest BCUT2D eigenvalue weighted by atomic mass is 10.1. The fourth-order valence-electron chi connectivity index (χ4n) is 4.50. The normalized spacial score (nSPS) is 11.8. The molecule has 0 radical (unpaired) electrons. The number of nitrogens with zero attached hydrogens (tertiary/aromatic N) is 2. The zero-order valence-corrected chi connectivity index (χ0v) is 26.6. The Hall–Kier alpha value is -4.05. The van der Waals surface area contributed by atoms with Crippen molar-refractivity contribution in [2.75, 3.05) is 20.2 Å². The number of hydrogen-bond acceptors (Lipinski definition) is 7. The highest BCUT2D eigenvalue weighted by Crippen LogP contribution is 2.33. The summed E-state index contributed by atoms with van der Waals surface area (Å²) in [7, 11) is 1.64. The Morgan fingerprint density at radius 1 is 0.953 bits per heavy atom. The van der Waals surface area contributed by atoms with E-state index in [1.807, 2.05) is 51.1 Å². The second-order valence-electron chi connectivity index (χ2n) is 10.6. The van der Waals surface area contributed by atoms with E-state index in [4.69, 9.17) is 4.74 Å². The van der Waals surface area contributed by atoms with E-state index in [0.29, 0.717) is 32.7 Å². The van der Waals surface area contributed by atoms with Gasteiger partial charge in [0.25, 0.3) is 11.8 Å². The van der Waals surface area contributed by atoms with Gasteiger partial charge in [-0.25, -0.2) is 0 Å². The Morgan fingerprint density at radius 2 is 1.67 bits per heavy atom. The number of amides is 3. The van der Waals surface area contributed by atoms with Crippen molar-refractivity contribution in [2.45, 2.75) is 73.0 Å². The van der Waals surface area contributed by atoms with E-state index in [1.165, 1.54) is 11.0 Å². The average molecular weight is 610 g/mol. The monoisotopic (exact) mass is 609 g/mol. The fourth-order valence-corrected chi connectivity index (χ4v) is 5.44. The molecule has 10 heteroatoms. The van der Waals surface area contributed by atoms with Crippen LogP contribution in [-0.2, 0) is 24.4 Å². The smallest absolute Gasteiger partial charge is 0.258 e. The summed E-state index contributed by atoms with van der Waals surface area (Å²) in [5.41, 5.74) is 1.97. The maximum absolute atomic E-state index is 13.3. The minimum Gasteiger partial charge on any atom is -0.507 e. The molecule has 3 aromatic rings. The molecule has 43 heavy (non-hydrogen) atoms. The van der Waals surface area contributed by atoms with Gasteiger partial charge in [-0.15, -0.1) is 11.3 Å². The van der Waals surface area contributed by atoms with Crippen LogP contribution in [0.3, 0.4) is 0 Å². The lowest BCUT2D eigenvalue weighted by molar-refractivity contribution is -0.120. The molecule has 1 aliphatic rings. The fraction of sp³-hybridized carbons (Fsp3) is 0.424. The number of phenolic OH excluding ortho intramolecular Hbond substituents is 2. The number of fused-ring (bicyclic) bond motifs is 1. The van der Waals surface area contributed by atoms with Gasteiger partial charge < -0.3 is 30.1 Å². The average Bonchev–Trinajstić information content (AvgIpc) is 3.61. The largest absolute Gasteiger partial charge is 0.507 e. The zero-order chi connectivity index (χ0) is 31.5. The van der Waals surface area contributed by atoms with Crippen LogP contribution in [0.1, 0.15) is 88.1 Å². The third-order valence-electron chi connectivity index (χ3n) is 6.96. The summed E-state index contributed by atoms with van der Waals surface area (Å²) in [4.78, 5) is 42.1. The first-order valence-corrected chi connectivity index (χ1v) is 15.6. The van der Waals surface area contributed by atoms with Crippen LogP contribution in [0.4, 0.5) is 0 Å². The summed E-state index contributed by atoms with van der Waals surface area (Å²) in [5, 5.41) is 23.5. The molecule has 1 aromatic heterocycles. The minimum absolute atomic E-state index is 0.0151. The summed E-state index contributed by atoms with van der Waals surface area (Å²) in [6, 6.07) is 12.1. The number of phenols is 2. The summed E-state index contributed by atoms with van der Waals surface area (Å²) in [6.07, 6.45) is 3.65. The van der Waals surface area contributed by atoms with Gasteiger partial charge in [-0.1, -0.05) is 33.3 Å². The first-order chi connectivity index (χ1) is 20.6. The van der Waals surface area contributed by atoms with Gasteiger partial charge in [-0.2, -0.15) is 0 Å². The zero-order valence-electron chi connectivity index (χ0n) is 25.7. The molecule has 9 nitrogen and oxygen atoms in total. The number of benzene rings is 2. The topological polar surface area (TPSA) is 119 Å². The van der Waals surface area contributed by atoms with Crippen LogP contribution in [0.2, 0.25) is 0 Å². The molecule has 0 unspecified atom stereocenters. The van der Waals surface area contributed by atoms with E-state index in [0.717, 1.165) is 58.5 Å². The molecule has 0 spiro atoms. The molecule has 2 heterocycles. The molecule has 1 aliphatic heterocycles. The number of rotatable bonds is 11. The van der Waals surface area contributed by atoms with E-state index < -0.39 is 11.8 Å². The highest BCUT2D eigenvalue weighted by Gasteiger charge is 2.29. The van der Waals surface area contributed by atoms with Crippen molar-refractivity contribution in [3.63, 3.8) is 0 Å². The van der Waals surface area contributed by atoms with E-state index in [2.05, 4.69) is 12.2 Å². The maximum Gasteiger partial charge on any atom is 0.258 e. The van der Waals surface area contributed by atoms with Crippen LogP contribution in [-0.4, -0.2) is 57.9 Å². The van der Waals surface area contributed by atoms with Gasteiger partial charge in [-0.3, -0.25) is 14.4 Å². The molecule has 0 saturated heterocycles. The second kappa shape index (κ2) is 16.0. The van der Waals surface area contributed by atoms with Crippen molar-refractivity contribution in [3.8, 4) is 17.2 Å². The number of thiophene rings is 1. The Morgan fingerprint density at radius 3 is 2.33 bits per heavy atom. The first-order valence-electron chi connectivity index (χ1n) is 14.7. The van der Waals surface area contributed by atoms with Crippen molar-refractivity contribution in [3.05, 3.63) is 74.5 Å². The van der Waals surface area contributed by atoms with Gasteiger partial charge in [0.2, 0.25) is 5.91 Å². The van der Waals surface area contributed by atoms with Crippen LogP contribution in [0.5, 0.6) is 17.2 Å². The van der Waals surface area contributed by atoms with Crippen LogP contribution in [0, 0.1) is 6.92 Å². The lowest BCUT2D eigenvalue weighted by Gasteiger charge is -2.20. The number of hydrogen-bond donors (Lipinski definition) is 3. The maximum atomic E-state index is 13.3. The molecule has 3 N–H and O–H groups in total. The van der Waals surface area contributed by atoms with Crippen molar-refractivity contribution >= 4 is 29.1 Å². The number of aryl methyl sites for hydroxylation is 1. The number of unbranched alkanes of at least 4 members (excludes halogenated alkanes) is 1. The molecule has 232 valence electrons. The number of carbonyl (C=O) groups excluding carboxylic acids is 3. The molecule has 0 atom stereocenters. The van der Waals surface area contributed by atoms with Gasteiger partial charge in [0.05, 0.1) is 24.3 Å². The molecule has 0 bridgehead atoms. The molecule has 3 amide bonds. The van der Waals surface area contributed by atoms with Crippen LogP contribution < -0.4 is 10.1 Å². The van der Waals surface area contributed by atoms with E-state index in [1.54, 1.807) is 23.3 Å². The van der Waals surface area contributed by atoms with Gasteiger partial charge in [0.15, 0.2) is 0 Å². The Labute approximate surface area is 258 Å². The molecular weight excluding hydrogens is 566 g/mol. The van der Waals surface area contributed by atoms with E-state index >= 15 is 0 Å². The molecule has 0 fully saturated rings. The molecule has 2 aromatic carbocycles. The van der Waals surface area contributed by atoms with E-state index in [-0.39, 0.29) is 28.5 Å². The number of carbonyl (C=O) groups is 3. The third kappa shape index (κ3) is 9.22. The highest BCUT2D eigenvalue weighted by molar-refractivity contribution is 7.11. The highest BCUT2D eigenvalue weighted by atomic mass is 32.1. The first kappa shape index (κ1) is 33.5. The Kier molecular flexibility index (Phi) is 12.4. The predicted molar refractivity (Wildman–Crippen MR) is 169 cm³/mol. The van der Waals surface area contributed by atoms with Crippen molar-refractivity contribution in [1.82, 2.24) is 15.1 Å². The van der Waals surface area contributed by atoms with Crippen molar-refractivity contribution in [2.24, 2.45) is 0 Å². The summed E-state index contributed by atoms with van der Waals surface area (Å²) in [6.45, 7) is 10.6. The summed E-state index contributed by atoms with van der Waals surface area (Å²) >= 11 is 1.59. The SMILES string of the molecule is CCCCOc1ccc2c(c1)CN(C(=O)c1cc(C(=O)N(C)Cc3ccc(C)s3)c(O)cc1O)C2.CCCNC(=O)CC. The minimum atomic E-state index is -0.429. The Balaban J connectivity index is 0.000000557. The molecule has 0 saturated carbocycles. The van der Waals surface area contributed by atoms with Gasteiger partial charge >= 0.3 is 0 Å². The quantitative estimate of drug-likeness (QED) is 0.230. The van der Waals surface area contributed by atoms with Crippen molar-refractivity contribution < 1.29 is 29.3 Å². The third-order valence-corrected chi connectivity index (χ3v) is 7.94. The lowest BCUT2D eigenvalue weighted by Crippen LogP contribution is -2.28. The summed E-state index contributed by atoms with van der Waals surface area (Å²) in [5.74, 6) is -0.640. The standard InChI is InChI=1S/C27H30N2O5S.C6H13NO/c1-4-5-10-34-20-8-7-18-14-29(15-19(18)11-20)27(33)23-12-22(24(30)13-25(23)31)26(32)28(3)16-21-9-6-17(2)35-21;1-3-5-7-6(8)4-2/h6-9,11-13,30-31H,4-5,10,14-16H2,1-3H3;3-5H2,1-2H3,(H,7,8). The van der Waals surface area contributed by atoms with E-state index in [9.17, 15) is 24.6 Å². The van der Waals surface area contributed by atoms with Gasteiger partial charge in [0.1, 0.15) is 17.2 Å². The summed E-state index contributed by atoms with van der Waals surface area (Å²) < 4.78 is 5.78. The van der Waals surface area contributed by atoms with Crippen molar-refractivity contribution in [1.29, 1.82) is 0 Å². The van der Waals surface area contributed by atoms with Gasteiger partial charge in [-0.05, 0) is 61.2 Å². The predicted octanol–water partition coefficient (Wildman–Crippen LogP) is 6.00. The Bertz CT molecular complexity index is 1420. The number of ether oxygens (including phenoxy) is 1. The molecule has 4 rings (SSSR count). The number of nitrogens with one attached hydrogen (secondary N) is 1. The number of aromatic hydroxyl groups is 2. The van der Waals surface area contributed by atoms with Gasteiger partial charge in [0, 0.05) is 48.9 Å². The van der Waals surface area contributed by atoms with Crippen LogP contribution in [0.15, 0.2) is 42.5 Å². The van der Waals surface area contributed by atoms with Crippen LogP contribution in [0.25, 0.3) is 0 Å².